The van der Waals surface area contributed by atoms with Crippen molar-refractivity contribution in [2.24, 2.45) is 0 Å². The van der Waals surface area contributed by atoms with Gasteiger partial charge in [-0.2, -0.15) is 52.7 Å². The molecule has 0 saturated carbocycles. The number of rotatable bonds is 0. The van der Waals surface area contributed by atoms with E-state index in [1.807, 2.05) is 0 Å². The molecule has 0 bridgehead atoms. The zero-order valence-electron chi connectivity index (χ0n) is 8.77. The van der Waals surface area contributed by atoms with Crippen LogP contribution in [0, 0.1) is 0 Å². The minimum atomic E-state index is -7.18. The molecule has 1 rings (SSSR count). The topological polar surface area (TPSA) is 12.5 Å². The van der Waals surface area contributed by atoms with Crippen LogP contribution in [-0.4, -0.2) is 41.3 Å². The molecule has 2 unspecified atom stereocenters. The maximum Gasteiger partial charge on any atom is 0.456 e. The average Bonchev–Trinajstić information content (AvgIpc) is 2.22. The summed E-state index contributed by atoms with van der Waals surface area (Å²) in [5.41, 5.74) is 0. The summed E-state index contributed by atoms with van der Waals surface area (Å²) in [5.74, 6) is -14.1. The molecule has 0 aliphatic carbocycles. The lowest BCUT2D eigenvalue weighted by Gasteiger charge is -2.49. The number of nitrogens with zero attached hydrogens (tertiary/aromatic N) is 1. The maximum absolute atomic E-state index is 13.0. The Bertz CT molecular complexity index is 389. The molecule has 2 nitrogen and oxygen atoms in total. The van der Waals surface area contributed by atoms with Gasteiger partial charge in [-0.3, -0.25) is 4.74 Å². The highest BCUT2D eigenvalue weighted by atomic mass is 19.4. The minimum Gasteiger partial charge on any atom is -0.282 e. The number of alkyl halides is 12. The summed E-state index contributed by atoms with van der Waals surface area (Å²) in [5, 5.41) is -3.82. The van der Waals surface area contributed by atoms with Crippen LogP contribution in [0.2, 0.25) is 0 Å². The fraction of sp³-hybridized carbons (Fsp3) is 1.00. The molecule has 1 aliphatic rings. The number of halogens is 13. The molecule has 2 atom stereocenters. The molecule has 1 fully saturated rings. The zero-order valence-corrected chi connectivity index (χ0v) is 8.77. The van der Waals surface area contributed by atoms with Crippen molar-refractivity contribution in [1.82, 2.24) is 5.12 Å². The highest BCUT2D eigenvalue weighted by Crippen LogP contribution is 2.62. The van der Waals surface area contributed by atoms with Crippen LogP contribution in [-0.2, 0) is 4.74 Å². The molecule has 0 spiro atoms. The summed E-state index contributed by atoms with van der Waals surface area (Å²) < 4.78 is 163. The van der Waals surface area contributed by atoms with Crippen LogP contribution in [0.4, 0.5) is 57.2 Å². The van der Waals surface area contributed by atoms with E-state index in [0.717, 1.165) is 0 Å². The Kier molecular flexibility index (Phi) is 3.48. The minimum absolute atomic E-state index is 1.73. The third-order valence-electron chi connectivity index (χ3n) is 2.28. The largest absolute Gasteiger partial charge is 0.456 e. The third-order valence-corrected chi connectivity index (χ3v) is 2.28. The Labute approximate surface area is 105 Å². The van der Waals surface area contributed by atoms with Gasteiger partial charge in [-0.15, -0.1) is 4.48 Å². The van der Waals surface area contributed by atoms with Crippen molar-refractivity contribution in [3.05, 3.63) is 0 Å². The maximum atomic E-state index is 13.0. The van der Waals surface area contributed by atoms with E-state index < -0.39 is 41.3 Å². The quantitative estimate of drug-likeness (QED) is 0.374. The van der Waals surface area contributed by atoms with Gasteiger partial charge in [-0.25, -0.2) is 0 Å². The predicted octanol–water partition coefficient (Wildman–Crippen LogP) is 3.84. The molecule has 126 valence electrons. The zero-order chi connectivity index (χ0) is 17.3. The predicted molar refractivity (Wildman–Crippen MR) is 33.7 cm³/mol. The van der Waals surface area contributed by atoms with Crippen LogP contribution in [0.25, 0.3) is 0 Å². The van der Waals surface area contributed by atoms with E-state index in [1.54, 1.807) is 4.74 Å². The van der Waals surface area contributed by atoms with Crippen LogP contribution in [0.1, 0.15) is 0 Å². The molecule has 21 heavy (non-hydrogen) atoms. The first kappa shape index (κ1) is 18.1. The Morgan fingerprint density at radius 3 is 1.05 bits per heavy atom. The van der Waals surface area contributed by atoms with Crippen LogP contribution >= 0.6 is 0 Å². The first-order valence-electron chi connectivity index (χ1n) is 4.29. The van der Waals surface area contributed by atoms with Gasteiger partial charge in [-0.05, 0) is 5.12 Å². The number of morpholine rings is 1. The van der Waals surface area contributed by atoms with Gasteiger partial charge < -0.3 is 0 Å². The standard InChI is InChI=1S/C6F13NO/c7-1(3(9,10)11)5(15,16)20(19)6(17,18)2(8,21-1)4(12,13)14. The lowest BCUT2D eigenvalue weighted by molar-refractivity contribution is -0.599. The van der Waals surface area contributed by atoms with Crippen LogP contribution in [0.15, 0.2) is 0 Å². The summed E-state index contributed by atoms with van der Waals surface area (Å²) in [6, 6.07) is -14.0. The highest BCUT2D eigenvalue weighted by Gasteiger charge is 2.93. The summed E-state index contributed by atoms with van der Waals surface area (Å²) in [4.78, 5) is 0. The third kappa shape index (κ3) is 1.96. The molecule has 1 saturated heterocycles. The lowest BCUT2D eigenvalue weighted by atomic mass is 10.1. The SMILES string of the molecule is FN1C(F)(F)C(F)(C(F)(F)F)OC(F)(C(F)(F)F)C1(F)F. The molecular formula is C6F13NO. The molecule has 1 aliphatic heterocycles. The smallest absolute Gasteiger partial charge is 0.282 e. The van der Waals surface area contributed by atoms with Gasteiger partial charge in [0.2, 0.25) is 0 Å². The van der Waals surface area contributed by atoms with E-state index in [2.05, 4.69) is 0 Å². The lowest BCUT2D eigenvalue weighted by Crippen LogP contribution is -2.80. The summed E-state index contributed by atoms with van der Waals surface area (Å²) in [6.07, 6.45) is -14.4. The molecule has 1 heterocycles. The van der Waals surface area contributed by atoms with Gasteiger partial charge in [-0.1, -0.05) is 0 Å². The molecule has 0 aromatic heterocycles. The van der Waals surface area contributed by atoms with E-state index in [0.29, 0.717) is 0 Å². The van der Waals surface area contributed by atoms with Gasteiger partial charge in [0, 0.05) is 0 Å². The Morgan fingerprint density at radius 2 is 0.857 bits per heavy atom. The van der Waals surface area contributed by atoms with E-state index in [1.165, 1.54) is 0 Å². The van der Waals surface area contributed by atoms with Crippen LogP contribution in [0.3, 0.4) is 0 Å². The van der Waals surface area contributed by atoms with Crippen LogP contribution in [0.5, 0.6) is 0 Å². The van der Waals surface area contributed by atoms with E-state index in [9.17, 15) is 57.2 Å². The summed E-state index contributed by atoms with van der Waals surface area (Å²) >= 11 is 0. The fourth-order valence-corrected chi connectivity index (χ4v) is 1.20. The Balaban J connectivity index is 3.64. The summed E-state index contributed by atoms with van der Waals surface area (Å²) in [7, 11) is 0. The molecule has 0 aromatic carbocycles. The van der Waals surface area contributed by atoms with Gasteiger partial charge in [0.25, 0.3) is 0 Å². The Hall–Kier alpha value is -0.990. The number of ether oxygens (including phenoxy) is 1. The molecule has 0 amide bonds. The molecular weight excluding hydrogens is 349 g/mol. The second kappa shape index (κ2) is 4.05. The Morgan fingerprint density at radius 1 is 0.619 bits per heavy atom. The number of hydrogen-bond donors (Lipinski definition) is 0. The van der Waals surface area contributed by atoms with Crippen molar-refractivity contribution in [3.63, 3.8) is 0 Å². The van der Waals surface area contributed by atoms with Gasteiger partial charge in [0.05, 0.1) is 0 Å². The first-order chi connectivity index (χ1) is 8.86. The highest BCUT2D eigenvalue weighted by molar-refractivity contribution is 5.05. The second-order valence-electron chi connectivity index (χ2n) is 3.65. The van der Waals surface area contributed by atoms with Gasteiger partial charge in [0.1, 0.15) is 0 Å². The molecule has 0 N–H and O–H groups in total. The normalized spacial score (nSPS) is 37.6. The second-order valence-corrected chi connectivity index (χ2v) is 3.65. The van der Waals surface area contributed by atoms with E-state index >= 15 is 0 Å². The molecule has 15 heteroatoms. The monoisotopic (exact) mass is 349 g/mol. The summed E-state index contributed by atoms with van der Waals surface area (Å²) in [6.45, 7) is 0. The van der Waals surface area contributed by atoms with E-state index in [-0.39, 0.29) is 0 Å². The van der Waals surface area contributed by atoms with Crippen molar-refractivity contribution in [1.29, 1.82) is 0 Å². The average molecular weight is 349 g/mol. The van der Waals surface area contributed by atoms with E-state index in [4.69, 9.17) is 0 Å². The molecule has 0 aromatic rings. The first-order valence-corrected chi connectivity index (χ1v) is 4.29. The number of hydrogen-bond acceptors (Lipinski definition) is 2. The van der Waals surface area contributed by atoms with Crippen molar-refractivity contribution < 1.29 is 61.9 Å². The van der Waals surface area contributed by atoms with Crippen molar-refractivity contribution in [2.45, 2.75) is 36.2 Å². The van der Waals surface area contributed by atoms with Crippen molar-refractivity contribution >= 4 is 0 Å². The van der Waals surface area contributed by atoms with Crippen LogP contribution < -0.4 is 0 Å². The van der Waals surface area contributed by atoms with Crippen molar-refractivity contribution in [3.8, 4) is 0 Å². The fourth-order valence-electron chi connectivity index (χ4n) is 1.20. The van der Waals surface area contributed by atoms with Crippen molar-refractivity contribution in [2.75, 3.05) is 0 Å². The molecule has 0 radical (unpaired) electrons. The van der Waals surface area contributed by atoms with Gasteiger partial charge in [0.15, 0.2) is 0 Å². The van der Waals surface area contributed by atoms with Gasteiger partial charge >= 0.3 is 36.2 Å².